The lowest BCUT2D eigenvalue weighted by Crippen LogP contribution is -2.25. The predicted octanol–water partition coefficient (Wildman–Crippen LogP) is 1.56. The third-order valence-corrected chi connectivity index (χ3v) is 2.45. The summed E-state index contributed by atoms with van der Waals surface area (Å²) in [5.41, 5.74) is 0. The Labute approximate surface area is 120 Å². The number of anilines is 2. The largest absolute Gasteiger partial charge is 0.461 e. The molecule has 1 aromatic rings. The van der Waals surface area contributed by atoms with Gasteiger partial charge in [0.15, 0.2) is 0 Å². The smallest absolute Gasteiger partial charge is 0.323 e. The zero-order valence-corrected chi connectivity index (χ0v) is 13.0. The van der Waals surface area contributed by atoms with E-state index < -0.39 is 0 Å². The molecule has 114 valence electrons. The van der Waals surface area contributed by atoms with Crippen LogP contribution in [-0.2, 0) is 4.74 Å². The van der Waals surface area contributed by atoms with Crippen LogP contribution in [-0.4, -0.2) is 54.9 Å². The van der Waals surface area contributed by atoms with Crippen LogP contribution in [0.25, 0.3) is 0 Å². The normalized spacial score (nSPS) is 10.7. The third-order valence-electron chi connectivity index (χ3n) is 2.45. The Balaban J connectivity index is 2.89. The van der Waals surface area contributed by atoms with Crippen LogP contribution >= 0.6 is 0 Å². The van der Waals surface area contributed by atoms with Crippen LogP contribution in [0.2, 0.25) is 0 Å². The van der Waals surface area contributed by atoms with E-state index in [1.54, 1.807) is 7.11 Å². The van der Waals surface area contributed by atoms with Crippen LogP contribution in [0.3, 0.4) is 0 Å². The minimum Gasteiger partial charge on any atom is -0.461 e. The van der Waals surface area contributed by atoms with E-state index in [-0.39, 0.29) is 6.10 Å². The Morgan fingerprint density at radius 3 is 2.60 bits per heavy atom. The average molecular weight is 283 g/mol. The highest BCUT2D eigenvalue weighted by Gasteiger charge is 2.12. The highest BCUT2D eigenvalue weighted by molar-refractivity contribution is 5.37. The van der Waals surface area contributed by atoms with Gasteiger partial charge in [0.2, 0.25) is 11.9 Å². The molecule has 7 heteroatoms. The number of methoxy groups -OCH3 is 1. The van der Waals surface area contributed by atoms with Crippen LogP contribution in [0.4, 0.5) is 11.9 Å². The molecule has 0 saturated heterocycles. The maximum atomic E-state index is 5.57. The molecule has 0 bridgehead atoms. The predicted molar refractivity (Wildman–Crippen MR) is 79.5 cm³/mol. The molecule has 0 fully saturated rings. The summed E-state index contributed by atoms with van der Waals surface area (Å²) in [5, 5.41) is 3.16. The van der Waals surface area contributed by atoms with Crippen molar-refractivity contribution in [3.8, 4) is 6.01 Å². The van der Waals surface area contributed by atoms with Crippen molar-refractivity contribution >= 4 is 11.9 Å². The Bertz CT molecular complexity index is 400. The second-order valence-electron chi connectivity index (χ2n) is 4.75. The van der Waals surface area contributed by atoms with Crippen LogP contribution in [0, 0.1) is 0 Å². The fourth-order valence-corrected chi connectivity index (χ4v) is 1.42. The van der Waals surface area contributed by atoms with Gasteiger partial charge in [-0.2, -0.15) is 15.0 Å². The SMILES string of the molecule is CCCNc1nc(OC(C)C)nc(N(C)CCOC)n1. The first kappa shape index (κ1) is 16.4. The molecule has 0 aliphatic rings. The Morgan fingerprint density at radius 2 is 2.00 bits per heavy atom. The summed E-state index contributed by atoms with van der Waals surface area (Å²) < 4.78 is 10.6. The van der Waals surface area contributed by atoms with Gasteiger partial charge in [-0.15, -0.1) is 0 Å². The Morgan fingerprint density at radius 1 is 1.25 bits per heavy atom. The van der Waals surface area contributed by atoms with E-state index in [1.165, 1.54) is 0 Å². The lowest BCUT2D eigenvalue weighted by Gasteiger charge is -2.18. The first-order chi connectivity index (χ1) is 9.56. The molecular formula is C13H25N5O2. The van der Waals surface area contributed by atoms with Crippen LogP contribution in [0.1, 0.15) is 27.2 Å². The van der Waals surface area contributed by atoms with E-state index in [1.807, 2.05) is 25.8 Å². The minimum absolute atomic E-state index is 0.0218. The molecule has 0 aliphatic carbocycles. The molecule has 0 atom stereocenters. The molecule has 20 heavy (non-hydrogen) atoms. The van der Waals surface area contributed by atoms with Gasteiger partial charge in [0.25, 0.3) is 0 Å². The van der Waals surface area contributed by atoms with Crippen molar-refractivity contribution in [2.24, 2.45) is 0 Å². The highest BCUT2D eigenvalue weighted by Crippen LogP contribution is 2.15. The lowest BCUT2D eigenvalue weighted by atomic mass is 10.5. The summed E-state index contributed by atoms with van der Waals surface area (Å²) in [6.07, 6.45) is 1.02. The number of hydrogen-bond acceptors (Lipinski definition) is 7. The molecule has 7 nitrogen and oxygen atoms in total. The van der Waals surface area contributed by atoms with E-state index in [2.05, 4.69) is 27.2 Å². The molecule has 1 heterocycles. The highest BCUT2D eigenvalue weighted by atomic mass is 16.5. The maximum absolute atomic E-state index is 5.57. The molecule has 0 saturated carbocycles. The summed E-state index contributed by atoms with van der Waals surface area (Å²) in [6, 6.07) is 0.341. The number of aromatic nitrogens is 3. The molecule has 0 aromatic carbocycles. The number of rotatable bonds is 9. The Hall–Kier alpha value is -1.63. The van der Waals surface area contributed by atoms with E-state index in [4.69, 9.17) is 9.47 Å². The van der Waals surface area contributed by atoms with Gasteiger partial charge in [-0.25, -0.2) is 0 Å². The van der Waals surface area contributed by atoms with Crippen LogP contribution in [0.15, 0.2) is 0 Å². The zero-order valence-electron chi connectivity index (χ0n) is 13.0. The molecular weight excluding hydrogens is 258 g/mol. The number of nitrogens with zero attached hydrogens (tertiary/aromatic N) is 4. The summed E-state index contributed by atoms with van der Waals surface area (Å²) in [5.74, 6) is 1.11. The molecule has 1 rings (SSSR count). The van der Waals surface area contributed by atoms with Crippen molar-refractivity contribution in [2.45, 2.75) is 33.3 Å². The van der Waals surface area contributed by atoms with Crippen LogP contribution in [0.5, 0.6) is 6.01 Å². The summed E-state index contributed by atoms with van der Waals surface area (Å²) >= 11 is 0. The quantitative estimate of drug-likeness (QED) is 0.737. The molecule has 0 radical (unpaired) electrons. The van der Waals surface area contributed by atoms with Gasteiger partial charge in [0, 0.05) is 27.2 Å². The minimum atomic E-state index is 0.0218. The van der Waals surface area contributed by atoms with Crippen molar-refractivity contribution in [3.63, 3.8) is 0 Å². The van der Waals surface area contributed by atoms with Gasteiger partial charge in [0.1, 0.15) is 0 Å². The second kappa shape index (κ2) is 8.52. The van der Waals surface area contributed by atoms with Crippen molar-refractivity contribution in [2.75, 3.05) is 44.1 Å². The number of hydrogen-bond donors (Lipinski definition) is 1. The van der Waals surface area contributed by atoms with E-state index in [0.717, 1.165) is 13.0 Å². The standard InChI is InChI=1S/C13H25N5O2/c1-6-7-14-11-15-12(18(4)8-9-19-5)17-13(16-11)20-10(2)3/h10H,6-9H2,1-5H3,(H,14,15,16,17). The maximum Gasteiger partial charge on any atom is 0.323 e. The fourth-order valence-electron chi connectivity index (χ4n) is 1.42. The van der Waals surface area contributed by atoms with E-state index in [0.29, 0.717) is 31.1 Å². The van der Waals surface area contributed by atoms with Crippen molar-refractivity contribution in [1.29, 1.82) is 0 Å². The molecule has 1 aromatic heterocycles. The zero-order chi connectivity index (χ0) is 15.0. The fraction of sp³-hybridized carbons (Fsp3) is 0.769. The van der Waals surface area contributed by atoms with Gasteiger partial charge < -0.3 is 19.7 Å². The lowest BCUT2D eigenvalue weighted by molar-refractivity contribution is 0.205. The van der Waals surface area contributed by atoms with Crippen LogP contribution < -0.4 is 15.0 Å². The van der Waals surface area contributed by atoms with Gasteiger partial charge in [-0.3, -0.25) is 0 Å². The Kier molecular flexibility index (Phi) is 7.00. The summed E-state index contributed by atoms with van der Waals surface area (Å²) in [4.78, 5) is 14.9. The third kappa shape index (κ3) is 5.56. The number of likely N-dealkylation sites (N-methyl/N-ethyl adjacent to an activating group) is 1. The summed E-state index contributed by atoms with van der Waals surface area (Å²) in [6.45, 7) is 8.10. The van der Waals surface area contributed by atoms with Gasteiger partial charge in [-0.05, 0) is 20.3 Å². The number of ether oxygens (including phenoxy) is 2. The van der Waals surface area contributed by atoms with E-state index >= 15 is 0 Å². The topological polar surface area (TPSA) is 72.4 Å². The van der Waals surface area contributed by atoms with Crippen molar-refractivity contribution in [1.82, 2.24) is 15.0 Å². The molecule has 1 N–H and O–H groups in total. The molecule has 0 spiro atoms. The first-order valence-corrected chi connectivity index (χ1v) is 6.93. The molecule has 0 unspecified atom stereocenters. The second-order valence-corrected chi connectivity index (χ2v) is 4.75. The van der Waals surface area contributed by atoms with Gasteiger partial charge in [-0.1, -0.05) is 6.92 Å². The van der Waals surface area contributed by atoms with E-state index in [9.17, 15) is 0 Å². The molecule has 0 aliphatic heterocycles. The monoisotopic (exact) mass is 283 g/mol. The van der Waals surface area contributed by atoms with Crippen molar-refractivity contribution < 1.29 is 9.47 Å². The van der Waals surface area contributed by atoms with Crippen molar-refractivity contribution in [3.05, 3.63) is 0 Å². The average Bonchev–Trinajstić information content (AvgIpc) is 2.41. The summed E-state index contributed by atoms with van der Waals surface area (Å²) in [7, 11) is 3.58. The molecule has 0 amide bonds. The first-order valence-electron chi connectivity index (χ1n) is 6.93. The van der Waals surface area contributed by atoms with Gasteiger partial charge >= 0.3 is 6.01 Å². The number of nitrogens with one attached hydrogen (secondary N) is 1. The van der Waals surface area contributed by atoms with Gasteiger partial charge in [0.05, 0.1) is 12.7 Å².